The first kappa shape index (κ1) is 23.2. The number of nitrogens with one attached hydrogen (secondary N) is 1. The molecule has 4 rings (SSSR count). The van der Waals surface area contributed by atoms with Crippen LogP contribution in [0.1, 0.15) is 38.8 Å². The van der Waals surface area contributed by atoms with Gasteiger partial charge in [-0.05, 0) is 44.5 Å². The number of hydrogen-bond acceptors (Lipinski definition) is 11. The number of ether oxygens (including phenoxy) is 1. The number of aromatic nitrogens is 5. The number of benzene rings is 1. The predicted molar refractivity (Wildman–Crippen MR) is 128 cm³/mol. The molecule has 0 atom stereocenters. The molecule has 4 aromatic rings. The Bertz CT molecular complexity index is 1310. The van der Waals surface area contributed by atoms with Gasteiger partial charge in [-0.3, -0.25) is 0 Å². The first-order chi connectivity index (χ1) is 16.4. The zero-order valence-electron chi connectivity index (χ0n) is 18.9. The van der Waals surface area contributed by atoms with Gasteiger partial charge in [-0.25, -0.2) is 9.78 Å². The molecule has 11 heteroatoms. The average Bonchev–Trinajstić information content (AvgIpc) is 3.14. The smallest absolute Gasteiger partial charge is 0.341 e. The summed E-state index contributed by atoms with van der Waals surface area (Å²) in [7, 11) is 0. The normalized spacial score (nSPS) is 10.8. The molecule has 3 aromatic heterocycles. The summed E-state index contributed by atoms with van der Waals surface area (Å²) in [4.78, 5) is 29.7. The molecule has 174 valence electrons. The fourth-order valence-corrected chi connectivity index (χ4v) is 4.25. The van der Waals surface area contributed by atoms with Gasteiger partial charge in [0.2, 0.25) is 11.9 Å². The highest BCUT2D eigenvalue weighted by molar-refractivity contribution is 7.98. The highest BCUT2D eigenvalue weighted by Crippen LogP contribution is 2.27. The number of esters is 1. The maximum atomic E-state index is 12.8. The Balaban J connectivity index is 1.44. The summed E-state index contributed by atoms with van der Waals surface area (Å²) in [5.41, 5.74) is 9.83. The number of nitrogens with zero attached hydrogens (tertiary/aromatic N) is 5. The van der Waals surface area contributed by atoms with Crippen molar-refractivity contribution >= 4 is 35.3 Å². The topological polar surface area (TPSA) is 142 Å². The van der Waals surface area contributed by atoms with Gasteiger partial charge in [-0.15, -0.1) is 11.8 Å². The van der Waals surface area contributed by atoms with Crippen molar-refractivity contribution in [3.8, 4) is 0 Å². The van der Waals surface area contributed by atoms with Crippen molar-refractivity contribution in [1.82, 2.24) is 25.1 Å². The number of rotatable bonds is 8. The molecular weight excluding hydrogens is 454 g/mol. The lowest BCUT2D eigenvalue weighted by molar-refractivity contribution is 0.0457. The molecule has 0 spiro atoms. The summed E-state index contributed by atoms with van der Waals surface area (Å²) in [5, 5.41) is 7.62. The van der Waals surface area contributed by atoms with Crippen molar-refractivity contribution in [3.63, 3.8) is 0 Å². The van der Waals surface area contributed by atoms with E-state index in [4.69, 9.17) is 15.0 Å². The molecule has 0 amide bonds. The molecule has 0 bridgehead atoms. The van der Waals surface area contributed by atoms with Gasteiger partial charge in [0.05, 0.1) is 11.3 Å². The zero-order chi connectivity index (χ0) is 24.1. The lowest BCUT2D eigenvalue weighted by Gasteiger charge is -2.10. The van der Waals surface area contributed by atoms with Gasteiger partial charge < -0.3 is 20.3 Å². The number of nitrogen functional groups attached to an aromatic ring is 1. The number of aryl methyl sites for hydroxylation is 3. The van der Waals surface area contributed by atoms with Crippen molar-refractivity contribution in [3.05, 3.63) is 76.6 Å². The summed E-state index contributed by atoms with van der Waals surface area (Å²) >= 11 is 1.41. The third-order valence-corrected chi connectivity index (χ3v) is 5.98. The molecule has 34 heavy (non-hydrogen) atoms. The molecule has 0 unspecified atom stereocenters. The van der Waals surface area contributed by atoms with Crippen LogP contribution in [0.3, 0.4) is 0 Å². The van der Waals surface area contributed by atoms with Crippen LogP contribution < -0.4 is 11.1 Å². The maximum Gasteiger partial charge on any atom is 0.341 e. The van der Waals surface area contributed by atoms with Crippen LogP contribution in [0, 0.1) is 20.8 Å². The van der Waals surface area contributed by atoms with Gasteiger partial charge in [0.15, 0.2) is 12.4 Å². The molecule has 0 saturated heterocycles. The Labute approximate surface area is 200 Å². The Morgan fingerprint density at radius 2 is 1.94 bits per heavy atom. The Morgan fingerprint density at radius 1 is 1.12 bits per heavy atom. The molecule has 0 aliphatic carbocycles. The van der Waals surface area contributed by atoms with Crippen LogP contribution >= 0.6 is 11.8 Å². The number of nitrogens with two attached hydrogens (primary N) is 1. The standard InChI is InChI=1S/C23H23N7O3S/c1-13-7-4-5-9-18(13)26-23-28-19(27-22(24)29-23)11-32-21(31)16-8-6-10-25-20(16)34-12-17-14(2)30-33-15(17)3/h4-10H,11-12H2,1-3H3,(H3,24,26,27,28,29). The van der Waals surface area contributed by atoms with E-state index in [1.165, 1.54) is 11.8 Å². The molecule has 0 fully saturated rings. The Morgan fingerprint density at radius 3 is 2.71 bits per heavy atom. The molecule has 3 N–H and O–H groups in total. The van der Waals surface area contributed by atoms with Gasteiger partial charge in [-0.1, -0.05) is 23.4 Å². The highest BCUT2D eigenvalue weighted by atomic mass is 32.2. The third kappa shape index (κ3) is 5.49. The number of pyridine rings is 1. The van der Waals surface area contributed by atoms with Crippen molar-refractivity contribution in [1.29, 1.82) is 0 Å². The second-order valence-corrected chi connectivity index (χ2v) is 8.36. The lowest BCUT2D eigenvalue weighted by atomic mass is 10.2. The van der Waals surface area contributed by atoms with Crippen LogP contribution in [0.5, 0.6) is 0 Å². The van der Waals surface area contributed by atoms with Gasteiger partial charge in [0, 0.05) is 23.2 Å². The summed E-state index contributed by atoms with van der Waals surface area (Å²) < 4.78 is 10.7. The fraction of sp³-hybridized carbons (Fsp3) is 0.217. The van der Waals surface area contributed by atoms with Crippen molar-refractivity contribution < 1.29 is 14.1 Å². The number of hydrogen-bond donors (Lipinski definition) is 2. The van der Waals surface area contributed by atoms with Gasteiger partial charge in [0.1, 0.15) is 10.8 Å². The number of para-hydroxylation sites is 1. The van der Waals surface area contributed by atoms with Gasteiger partial charge in [-0.2, -0.15) is 15.0 Å². The first-order valence-corrected chi connectivity index (χ1v) is 11.4. The third-order valence-electron chi connectivity index (χ3n) is 4.95. The van der Waals surface area contributed by atoms with Gasteiger partial charge in [0.25, 0.3) is 0 Å². The van der Waals surface area contributed by atoms with E-state index in [9.17, 15) is 4.79 Å². The SMILES string of the molecule is Cc1ccccc1Nc1nc(N)nc(COC(=O)c2cccnc2SCc2c(C)noc2C)n1. The van der Waals surface area contributed by atoms with Crippen molar-refractivity contribution in [2.24, 2.45) is 0 Å². The molecule has 1 aromatic carbocycles. The summed E-state index contributed by atoms with van der Waals surface area (Å²) in [6.07, 6.45) is 1.63. The number of carbonyl (C=O) groups excluding carboxylic acids is 1. The summed E-state index contributed by atoms with van der Waals surface area (Å²) in [6, 6.07) is 11.0. The fourth-order valence-electron chi connectivity index (χ4n) is 3.11. The van der Waals surface area contributed by atoms with E-state index in [-0.39, 0.29) is 24.3 Å². The van der Waals surface area contributed by atoms with Crippen LogP contribution in [-0.2, 0) is 17.1 Å². The number of anilines is 3. The largest absolute Gasteiger partial charge is 0.454 e. The molecular formula is C23H23N7O3S. The van der Waals surface area contributed by atoms with Crippen LogP contribution in [0.4, 0.5) is 17.6 Å². The minimum absolute atomic E-state index is 0.0224. The quantitative estimate of drug-likeness (QED) is 0.279. The zero-order valence-corrected chi connectivity index (χ0v) is 19.7. The second-order valence-electron chi connectivity index (χ2n) is 7.40. The molecule has 0 saturated carbocycles. The van der Waals surface area contributed by atoms with E-state index < -0.39 is 5.97 Å². The van der Waals surface area contributed by atoms with Crippen molar-refractivity contribution in [2.75, 3.05) is 11.1 Å². The van der Waals surface area contributed by atoms with E-state index in [0.29, 0.717) is 16.3 Å². The number of thioether (sulfide) groups is 1. The maximum absolute atomic E-state index is 12.8. The molecule has 3 heterocycles. The summed E-state index contributed by atoms with van der Waals surface area (Å²) in [6.45, 7) is 5.52. The van der Waals surface area contributed by atoms with Gasteiger partial charge >= 0.3 is 5.97 Å². The van der Waals surface area contributed by atoms with E-state index in [1.54, 1.807) is 18.3 Å². The average molecular weight is 478 g/mol. The first-order valence-electron chi connectivity index (χ1n) is 10.4. The van der Waals surface area contributed by atoms with Crippen LogP contribution in [0.15, 0.2) is 52.1 Å². The van der Waals surface area contributed by atoms with E-state index in [2.05, 4.69) is 30.4 Å². The number of carbonyl (C=O) groups is 1. The monoisotopic (exact) mass is 477 g/mol. The van der Waals surface area contributed by atoms with E-state index in [0.717, 1.165) is 28.3 Å². The molecule has 0 aliphatic rings. The van der Waals surface area contributed by atoms with E-state index in [1.807, 2.05) is 45.0 Å². The lowest BCUT2D eigenvalue weighted by Crippen LogP contribution is -2.12. The Kier molecular flexibility index (Phi) is 7.02. The van der Waals surface area contributed by atoms with E-state index >= 15 is 0 Å². The Hall–Kier alpha value is -3.99. The highest BCUT2D eigenvalue weighted by Gasteiger charge is 2.17. The van der Waals surface area contributed by atoms with Crippen molar-refractivity contribution in [2.45, 2.75) is 38.2 Å². The minimum Gasteiger partial charge on any atom is -0.454 e. The minimum atomic E-state index is -0.540. The molecule has 0 radical (unpaired) electrons. The van der Waals surface area contributed by atoms with Crippen LogP contribution in [0.25, 0.3) is 0 Å². The predicted octanol–water partition coefficient (Wildman–Crippen LogP) is 4.15. The summed E-state index contributed by atoms with van der Waals surface area (Å²) in [5.74, 6) is 1.29. The second kappa shape index (κ2) is 10.3. The van der Waals surface area contributed by atoms with Crippen LogP contribution in [0.2, 0.25) is 0 Å². The van der Waals surface area contributed by atoms with Crippen LogP contribution in [-0.4, -0.2) is 31.1 Å². The molecule has 0 aliphatic heterocycles. The molecule has 10 nitrogen and oxygen atoms in total.